The number of hydrogen-bond acceptors (Lipinski definition) is 6. The van der Waals surface area contributed by atoms with Gasteiger partial charge in [0.2, 0.25) is 11.8 Å². The first-order valence-corrected chi connectivity index (χ1v) is 13.0. The molecular formula is C31H29N3O6. The smallest absolute Gasteiger partial charge is 0.337 e. The van der Waals surface area contributed by atoms with E-state index in [2.05, 4.69) is 4.98 Å². The summed E-state index contributed by atoms with van der Waals surface area (Å²) in [6.45, 7) is 0.227. The molecular weight excluding hydrogens is 510 g/mol. The molecule has 2 aliphatic rings. The van der Waals surface area contributed by atoms with Gasteiger partial charge in [-0.2, -0.15) is 0 Å². The Morgan fingerprint density at radius 1 is 0.950 bits per heavy atom. The number of nitrogens with zero attached hydrogens (tertiary/aromatic N) is 2. The van der Waals surface area contributed by atoms with Crippen LogP contribution in [0.4, 0.5) is 0 Å². The molecule has 204 valence electrons. The van der Waals surface area contributed by atoms with Crippen molar-refractivity contribution in [3.05, 3.63) is 94.7 Å². The Morgan fingerprint density at radius 2 is 1.70 bits per heavy atom. The highest BCUT2D eigenvalue weighted by atomic mass is 16.5. The Bertz CT molecular complexity index is 1630. The van der Waals surface area contributed by atoms with E-state index >= 15 is 0 Å². The molecule has 40 heavy (non-hydrogen) atoms. The maximum Gasteiger partial charge on any atom is 0.337 e. The number of aromatic amines is 1. The van der Waals surface area contributed by atoms with Crippen LogP contribution >= 0.6 is 0 Å². The van der Waals surface area contributed by atoms with Crippen LogP contribution in [0.15, 0.2) is 66.7 Å². The Labute approximate surface area is 231 Å². The van der Waals surface area contributed by atoms with Crippen molar-refractivity contribution < 1.29 is 28.6 Å². The van der Waals surface area contributed by atoms with Gasteiger partial charge in [-0.05, 0) is 47.0 Å². The Hall–Kier alpha value is -4.79. The zero-order valence-electron chi connectivity index (χ0n) is 22.5. The number of methoxy groups -OCH3 is 3. The van der Waals surface area contributed by atoms with Gasteiger partial charge in [-0.3, -0.25) is 9.59 Å². The number of amides is 2. The molecule has 1 aromatic heterocycles. The number of esters is 1. The number of rotatable bonds is 6. The second-order valence-corrected chi connectivity index (χ2v) is 9.98. The van der Waals surface area contributed by atoms with Crippen molar-refractivity contribution in [3.63, 3.8) is 0 Å². The summed E-state index contributed by atoms with van der Waals surface area (Å²) in [6.07, 6.45) is 0.406. The van der Waals surface area contributed by atoms with Crippen molar-refractivity contribution in [3.8, 4) is 11.5 Å². The standard InChI is InChI=1S/C31H29N3O6/c1-38-25-13-8-18(14-26(25)39-2)16-33-17-27(35)34-24(30(33)36)15-22-21-6-4-5-7-23(21)32-28(22)29(34)19-9-11-20(12-10-19)31(37)40-3/h4-14,24,29,32H,15-17H2,1-3H3/t24-,29-/m0/s1. The molecule has 2 amide bonds. The van der Waals surface area contributed by atoms with Crippen molar-refractivity contribution >= 4 is 28.7 Å². The number of carbonyl (C=O) groups excluding carboxylic acids is 3. The summed E-state index contributed by atoms with van der Waals surface area (Å²) >= 11 is 0. The zero-order valence-corrected chi connectivity index (χ0v) is 22.5. The van der Waals surface area contributed by atoms with E-state index in [1.54, 1.807) is 42.2 Å². The summed E-state index contributed by atoms with van der Waals surface area (Å²) in [5, 5.41) is 1.03. The van der Waals surface area contributed by atoms with Gasteiger partial charge in [-0.1, -0.05) is 36.4 Å². The van der Waals surface area contributed by atoms with Crippen LogP contribution in [0.3, 0.4) is 0 Å². The first-order valence-electron chi connectivity index (χ1n) is 13.0. The minimum Gasteiger partial charge on any atom is -0.493 e. The number of ether oxygens (including phenoxy) is 3. The Kier molecular flexibility index (Phi) is 6.42. The summed E-state index contributed by atoms with van der Waals surface area (Å²) in [5.41, 5.74) is 4.92. The lowest BCUT2D eigenvalue weighted by Gasteiger charge is -2.47. The molecule has 2 aliphatic heterocycles. The summed E-state index contributed by atoms with van der Waals surface area (Å²) in [5.74, 6) is 0.472. The molecule has 3 heterocycles. The predicted octanol–water partition coefficient (Wildman–Crippen LogP) is 3.86. The van der Waals surface area contributed by atoms with E-state index in [0.717, 1.165) is 33.3 Å². The van der Waals surface area contributed by atoms with Crippen LogP contribution in [0.2, 0.25) is 0 Å². The predicted molar refractivity (Wildman–Crippen MR) is 147 cm³/mol. The molecule has 2 atom stereocenters. The summed E-state index contributed by atoms with van der Waals surface area (Å²) in [4.78, 5) is 46.7. The fourth-order valence-electron chi connectivity index (χ4n) is 5.92. The summed E-state index contributed by atoms with van der Waals surface area (Å²) in [6, 6.07) is 19.3. The lowest BCUT2D eigenvalue weighted by Crippen LogP contribution is -2.62. The molecule has 0 spiro atoms. The van der Waals surface area contributed by atoms with Gasteiger partial charge in [0.25, 0.3) is 0 Å². The van der Waals surface area contributed by atoms with E-state index in [1.807, 2.05) is 48.5 Å². The van der Waals surface area contributed by atoms with Gasteiger partial charge in [0.15, 0.2) is 11.5 Å². The minimum atomic E-state index is -0.668. The third-order valence-corrected chi connectivity index (χ3v) is 7.81. The van der Waals surface area contributed by atoms with E-state index in [-0.39, 0.29) is 24.9 Å². The Balaban J connectivity index is 1.39. The number of hydrogen-bond donors (Lipinski definition) is 1. The van der Waals surface area contributed by atoms with Crippen LogP contribution in [0.1, 0.15) is 38.8 Å². The van der Waals surface area contributed by atoms with Crippen molar-refractivity contribution in [1.29, 1.82) is 0 Å². The first-order chi connectivity index (χ1) is 19.4. The lowest BCUT2D eigenvalue weighted by atomic mass is 9.86. The molecule has 9 heteroatoms. The van der Waals surface area contributed by atoms with Gasteiger partial charge in [0.05, 0.1) is 32.9 Å². The first kappa shape index (κ1) is 25.5. The van der Waals surface area contributed by atoms with Crippen molar-refractivity contribution in [1.82, 2.24) is 14.8 Å². The summed E-state index contributed by atoms with van der Waals surface area (Å²) < 4.78 is 15.6. The summed E-state index contributed by atoms with van der Waals surface area (Å²) in [7, 11) is 4.47. The molecule has 4 aromatic rings. The second kappa shape index (κ2) is 10.1. The van der Waals surface area contributed by atoms with Crippen LogP contribution in [0.25, 0.3) is 10.9 Å². The molecule has 0 saturated carbocycles. The maximum atomic E-state index is 14.0. The van der Waals surface area contributed by atoms with E-state index < -0.39 is 18.1 Å². The van der Waals surface area contributed by atoms with E-state index in [1.165, 1.54) is 7.11 Å². The number of aromatic nitrogens is 1. The SMILES string of the molecule is COC(=O)c1ccc([C@H]2c3[nH]c4ccccc4c3C[C@H]3C(=O)N(Cc4ccc(OC)c(OC)c4)CC(=O)N23)cc1. The number of H-pyrrole nitrogens is 1. The van der Waals surface area contributed by atoms with Gasteiger partial charge in [-0.25, -0.2) is 4.79 Å². The van der Waals surface area contributed by atoms with Gasteiger partial charge in [0.1, 0.15) is 12.6 Å². The molecule has 1 N–H and O–H groups in total. The largest absolute Gasteiger partial charge is 0.493 e. The van der Waals surface area contributed by atoms with Crippen molar-refractivity contribution in [2.24, 2.45) is 0 Å². The maximum absolute atomic E-state index is 14.0. The average Bonchev–Trinajstić information content (AvgIpc) is 3.36. The molecule has 0 aliphatic carbocycles. The van der Waals surface area contributed by atoms with Crippen LogP contribution in [0.5, 0.6) is 11.5 Å². The van der Waals surface area contributed by atoms with Gasteiger partial charge in [0, 0.05) is 29.6 Å². The molecule has 3 aromatic carbocycles. The van der Waals surface area contributed by atoms with Gasteiger partial charge >= 0.3 is 5.97 Å². The molecule has 9 nitrogen and oxygen atoms in total. The van der Waals surface area contributed by atoms with Crippen molar-refractivity contribution in [2.75, 3.05) is 27.9 Å². The molecule has 0 radical (unpaired) electrons. The highest BCUT2D eigenvalue weighted by molar-refractivity contribution is 5.97. The van der Waals surface area contributed by atoms with Gasteiger partial charge in [-0.15, -0.1) is 0 Å². The third kappa shape index (κ3) is 4.14. The monoisotopic (exact) mass is 539 g/mol. The van der Waals surface area contributed by atoms with E-state index in [9.17, 15) is 14.4 Å². The fourth-order valence-corrected chi connectivity index (χ4v) is 5.92. The average molecular weight is 540 g/mol. The van der Waals surface area contributed by atoms with Gasteiger partial charge < -0.3 is 29.0 Å². The van der Waals surface area contributed by atoms with Crippen molar-refractivity contribution in [2.45, 2.75) is 25.0 Å². The number of para-hydroxylation sites is 1. The number of piperazine rings is 1. The van der Waals surface area contributed by atoms with E-state index in [0.29, 0.717) is 23.5 Å². The zero-order chi connectivity index (χ0) is 28.0. The van der Waals surface area contributed by atoms with Crippen LogP contribution in [-0.2, 0) is 27.3 Å². The molecule has 0 unspecified atom stereocenters. The second-order valence-electron chi connectivity index (χ2n) is 9.98. The number of fused-ring (bicyclic) bond motifs is 4. The van der Waals surface area contributed by atoms with Crippen LogP contribution in [-0.4, -0.2) is 66.5 Å². The minimum absolute atomic E-state index is 0.0457. The number of carbonyl (C=O) groups is 3. The molecule has 1 saturated heterocycles. The highest BCUT2D eigenvalue weighted by Crippen LogP contribution is 2.43. The third-order valence-electron chi connectivity index (χ3n) is 7.81. The molecule has 0 bridgehead atoms. The number of benzene rings is 3. The lowest BCUT2D eigenvalue weighted by molar-refractivity contribution is -0.159. The quantitative estimate of drug-likeness (QED) is 0.374. The molecule has 1 fully saturated rings. The highest BCUT2D eigenvalue weighted by Gasteiger charge is 2.48. The fraction of sp³-hybridized carbons (Fsp3) is 0.258. The van der Waals surface area contributed by atoms with Crippen LogP contribution in [0, 0.1) is 0 Å². The topological polar surface area (TPSA) is 101 Å². The van der Waals surface area contributed by atoms with E-state index in [4.69, 9.17) is 14.2 Å². The molecule has 6 rings (SSSR count). The normalized spacial score (nSPS) is 18.4. The Morgan fingerprint density at radius 3 is 2.42 bits per heavy atom. The number of nitrogens with one attached hydrogen (secondary N) is 1. The van der Waals surface area contributed by atoms with Crippen LogP contribution < -0.4 is 9.47 Å².